The van der Waals surface area contributed by atoms with E-state index in [9.17, 15) is 4.79 Å². The summed E-state index contributed by atoms with van der Waals surface area (Å²) in [7, 11) is 2.14. The Labute approximate surface area is 231 Å². The number of halogens is 2. The number of amides is 1. The van der Waals surface area contributed by atoms with Gasteiger partial charge in [0.2, 0.25) is 5.91 Å². The smallest absolute Gasteiger partial charge is 0.229 e. The van der Waals surface area contributed by atoms with Crippen molar-refractivity contribution >= 4 is 51.9 Å². The predicted molar refractivity (Wildman–Crippen MR) is 152 cm³/mol. The SMILES string of the molecule is CN1CCN(c2cc(Cl)cn3cc(CNc4ccnc(NC(=O)[C@H]5C[C@@H]5c5cccc(Cl)c5)c4)nc23)CC1. The lowest BCUT2D eigenvalue weighted by Crippen LogP contribution is -2.44. The molecule has 1 amide bonds. The predicted octanol–water partition coefficient (Wildman–Crippen LogP) is 5.14. The lowest BCUT2D eigenvalue weighted by atomic mass is 10.1. The maximum absolute atomic E-state index is 12.8. The summed E-state index contributed by atoms with van der Waals surface area (Å²) in [6, 6.07) is 13.4. The van der Waals surface area contributed by atoms with Crippen LogP contribution in [-0.4, -0.2) is 58.4 Å². The molecule has 4 aromatic rings. The molecule has 0 radical (unpaired) electrons. The number of pyridine rings is 2. The second-order valence-corrected chi connectivity index (χ2v) is 10.9. The molecule has 1 saturated heterocycles. The number of piperazine rings is 1. The summed E-state index contributed by atoms with van der Waals surface area (Å²) < 4.78 is 2.00. The van der Waals surface area contributed by atoms with Crippen LogP contribution in [0.5, 0.6) is 0 Å². The van der Waals surface area contributed by atoms with Gasteiger partial charge in [-0.3, -0.25) is 4.79 Å². The summed E-state index contributed by atoms with van der Waals surface area (Å²) in [6.45, 7) is 4.43. The summed E-state index contributed by atoms with van der Waals surface area (Å²) in [5.41, 5.74) is 4.81. The van der Waals surface area contributed by atoms with E-state index < -0.39 is 0 Å². The normalized spacial score (nSPS) is 19.5. The van der Waals surface area contributed by atoms with E-state index >= 15 is 0 Å². The van der Waals surface area contributed by atoms with Crippen molar-refractivity contribution in [2.75, 3.05) is 48.8 Å². The summed E-state index contributed by atoms with van der Waals surface area (Å²) in [5.74, 6) is 0.643. The van der Waals surface area contributed by atoms with Crippen LogP contribution in [0.3, 0.4) is 0 Å². The monoisotopic (exact) mass is 549 g/mol. The molecule has 1 aliphatic carbocycles. The number of hydrogen-bond donors (Lipinski definition) is 2. The lowest BCUT2D eigenvalue weighted by molar-refractivity contribution is -0.117. The van der Waals surface area contributed by atoms with Gasteiger partial charge in [-0.05, 0) is 49.2 Å². The third-order valence-electron chi connectivity index (χ3n) is 7.28. The van der Waals surface area contributed by atoms with Crippen molar-refractivity contribution in [1.82, 2.24) is 19.3 Å². The highest BCUT2D eigenvalue weighted by Crippen LogP contribution is 2.48. The molecule has 0 unspecified atom stereocenters. The molecule has 4 heterocycles. The third kappa shape index (κ3) is 5.43. The van der Waals surface area contributed by atoms with Gasteiger partial charge >= 0.3 is 0 Å². The molecule has 2 aliphatic rings. The number of nitrogens with one attached hydrogen (secondary N) is 2. The van der Waals surface area contributed by atoms with E-state index in [1.807, 2.05) is 59.3 Å². The van der Waals surface area contributed by atoms with E-state index in [-0.39, 0.29) is 17.7 Å². The van der Waals surface area contributed by atoms with Gasteiger partial charge in [0.15, 0.2) is 5.65 Å². The molecule has 2 atom stereocenters. The Morgan fingerprint density at radius 2 is 1.89 bits per heavy atom. The van der Waals surface area contributed by atoms with Gasteiger partial charge < -0.3 is 24.8 Å². The zero-order chi connectivity index (χ0) is 26.2. The number of likely N-dealkylation sites (N-methyl/N-ethyl adjacent to an activating group) is 1. The van der Waals surface area contributed by atoms with Crippen LogP contribution in [0.15, 0.2) is 61.1 Å². The van der Waals surface area contributed by atoms with Gasteiger partial charge in [-0.2, -0.15) is 0 Å². The molecule has 10 heteroatoms. The average molecular weight is 550 g/mol. The number of rotatable bonds is 7. The number of carbonyl (C=O) groups is 1. The minimum atomic E-state index is -0.0637. The highest BCUT2D eigenvalue weighted by atomic mass is 35.5. The van der Waals surface area contributed by atoms with E-state index in [1.54, 1.807) is 6.20 Å². The molecule has 38 heavy (non-hydrogen) atoms. The molecule has 196 valence electrons. The Hall–Kier alpha value is -3.33. The van der Waals surface area contributed by atoms with Crippen LogP contribution in [0.2, 0.25) is 10.0 Å². The summed E-state index contributed by atoms with van der Waals surface area (Å²) in [4.78, 5) is 26.7. The zero-order valence-electron chi connectivity index (χ0n) is 21.1. The van der Waals surface area contributed by atoms with Crippen molar-refractivity contribution in [3.05, 3.63) is 82.4 Å². The van der Waals surface area contributed by atoms with Gasteiger partial charge in [-0.15, -0.1) is 0 Å². The van der Waals surface area contributed by atoms with Crippen molar-refractivity contribution in [1.29, 1.82) is 0 Å². The number of fused-ring (bicyclic) bond motifs is 1. The molecule has 1 saturated carbocycles. The fraction of sp³-hybridized carbons (Fsp3) is 0.321. The van der Waals surface area contributed by atoms with Crippen LogP contribution in [-0.2, 0) is 11.3 Å². The second kappa shape index (κ2) is 10.4. The molecule has 6 rings (SSSR count). The van der Waals surface area contributed by atoms with Crippen LogP contribution in [0.1, 0.15) is 23.6 Å². The quantitative estimate of drug-likeness (QED) is 0.332. The Balaban J connectivity index is 1.10. The van der Waals surface area contributed by atoms with Crippen LogP contribution < -0.4 is 15.5 Å². The largest absolute Gasteiger partial charge is 0.379 e. The van der Waals surface area contributed by atoms with E-state index in [0.717, 1.165) is 60.9 Å². The molecule has 1 aromatic carbocycles. The molecule has 2 fully saturated rings. The second-order valence-electron chi connectivity index (χ2n) is 10.1. The van der Waals surface area contributed by atoms with Crippen molar-refractivity contribution in [2.24, 2.45) is 5.92 Å². The molecule has 3 aromatic heterocycles. The van der Waals surface area contributed by atoms with Crippen LogP contribution in [0.25, 0.3) is 5.65 Å². The first-order valence-corrected chi connectivity index (χ1v) is 13.6. The van der Waals surface area contributed by atoms with Crippen molar-refractivity contribution in [2.45, 2.75) is 18.9 Å². The molecular weight excluding hydrogens is 521 g/mol. The number of aromatic nitrogens is 3. The number of hydrogen-bond acceptors (Lipinski definition) is 6. The number of benzene rings is 1. The van der Waals surface area contributed by atoms with Crippen molar-refractivity contribution in [3.8, 4) is 0 Å². The number of anilines is 3. The lowest BCUT2D eigenvalue weighted by Gasteiger charge is -2.34. The van der Waals surface area contributed by atoms with Gasteiger partial charge in [-0.1, -0.05) is 35.3 Å². The van der Waals surface area contributed by atoms with Crippen LogP contribution >= 0.6 is 23.2 Å². The minimum Gasteiger partial charge on any atom is -0.379 e. The third-order valence-corrected chi connectivity index (χ3v) is 7.72. The highest BCUT2D eigenvalue weighted by molar-refractivity contribution is 6.31. The standard InChI is InChI=1S/C28H29Cl2N7O/c1-35-7-9-36(10-8-35)25-12-20(30)16-37-17-22(33-27(25)37)15-32-21-5-6-31-26(13-21)34-28(38)24-14-23(24)18-3-2-4-19(29)11-18/h2-6,11-13,16-17,23-24H,7-10,14-15H2,1H3,(H2,31,32,34,38)/t23-,24+/m1/s1. The fourth-order valence-electron chi connectivity index (χ4n) is 5.07. The van der Waals surface area contributed by atoms with Crippen molar-refractivity contribution < 1.29 is 4.79 Å². The van der Waals surface area contributed by atoms with Gasteiger partial charge in [-0.25, -0.2) is 9.97 Å². The Morgan fingerprint density at radius 3 is 2.71 bits per heavy atom. The summed E-state index contributed by atoms with van der Waals surface area (Å²) >= 11 is 12.6. The first kappa shape index (κ1) is 25.0. The minimum absolute atomic E-state index is 0.0201. The first-order chi connectivity index (χ1) is 18.4. The molecule has 1 aliphatic heterocycles. The van der Waals surface area contributed by atoms with Gasteiger partial charge in [0.25, 0.3) is 0 Å². The fourth-order valence-corrected chi connectivity index (χ4v) is 5.48. The molecular formula is C28H29Cl2N7O. The number of nitrogens with zero attached hydrogens (tertiary/aromatic N) is 5. The summed E-state index contributed by atoms with van der Waals surface area (Å²) in [5, 5.41) is 7.75. The molecule has 0 bridgehead atoms. The Morgan fingerprint density at radius 1 is 1.05 bits per heavy atom. The van der Waals surface area contributed by atoms with Crippen LogP contribution in [0, 0.1) is 5.92 Å². The average Bonchev–Trinajstić information content (AvgIpc) is 3.61. The Bertz CT molecular complexity index is 1480. The van der Waals surface area contributed by atoms with E-state index in [2.05, 4.69) is 32.5 Å². The van der Waals surface area contributed by atoms with E-state index in [1.165, 1.54) is 0 Å². The molecule has 0 spiro atoms. The molecule has 2 N–H and O–H groups in total. The highest BCUT2D eigenvalue weighted by Gasteiger charge is 2.44. The van der Waals surface area contributed by atoms with E-state index in [0.29, 0.717) is 22.4 Å². The zero-order valence-corrected chi connectivity index (χ0v) is 22.6. The van der Waals surface area contributed by atoms with Gasteiger partial charge in [0, 0.05) is 67.5 Å². The van der Waals surface area contributed by atoms with Gasteiger partial charge in [0.05, 0.1) is 22.9 Å². The summed E-state index contributed by atoms with van der Waals surface area (Å²) in [6.07, 6.45) is 6.40. The maximum Gasteiger partial charge on any atom is 0.229 e. The van der Waals surface area contributed by atoms with Gasteiger partial charge in [0.1, 0.15) is 5.82 Å². The maximum atomic E-state index is 12.8. The van der Waals surface area contributed by atoms with Crippen molar-refractivity contribution in [3.63, 3.8) is 0 Å². The number of imidazole rings is 1. The first-order valence-electron chi connectivity index (χ1n) is 12.8. The van der Waals surface area contributed by atoms with E-state index in [4.69, 9.17) is 28.2 Å². The topological polar surface area (TPSA) is 77.8 Å². The molecule has 8 nitrogen and oxygen atoms in total. The van der Waals surface area contributed by atoms with Crippen LogP contribution in [0.4, 0.5) is 17.2 Å². The Kier molecular flexibility index (Phi) is 6.86. The number of carbonyl (C=O) groups excluding carboxylic acids is 1.